The van der Waals surface area contributed by atoms with E-state index < -0.39 is 0 Å². The Labute approximate surface area is 130 Å². The smallest absolute Gasteiger partial charge is 0.0670 e. The third-order valence-electron chi connectivity index (χ3n) is 3.85. The van der Waals surface area contributed by atoms with Crippen LogP contribution in [0.3, 0.4) is 0 Å². The molecule has 1 rings (SSSR count). The topological polar surface area (TPSA) is 23.5 Å². The number of aryl methyl sites for hydroxylation is 1. The van der Waals surface area contributed by atoms with Crippen LogP contribution in [-0.4, -0.2) is 29.2 Å². The fourth-order valence-electron chi connectivity index (χ4n) is 2.40. The minimum absolute atomic E-state index is 0.265. The number of allylic oxidation sites excluding steroid dienone is 1. The number of rotatable bonds is 10. The van der Waals surface area contributed by atoms with Gasteiger partial charge in [-0.25, -0.2) is 0 Å². The maximum atomic E-state index is 10.2. The zero-order chi connectivity index (χ0) is 15.7. The number of nitrogens with zero attached hydrogens (tertiary/aromatic N) is 1. The molecular formula is C19H31NO. The molecule has 1 unspecified atom stereocenters. The van der Waals surface area contributed by atoms with Crippen molar-refractivity contribution in [1.29, 1.82) is 0 Å². The molecule has 1 aromatic rings. The molecule has 0 saturated heterocycles. The van der Waals surface area contributed by atoms with Gasteiger partial charge in [0.2, 0.25) is 0 Å². The third-order valence-corrected chi connectivity index (χ3v) is 3.85. The number of aliphatic hydroxyl groups excluding tert-OH is 1. The zero-order valence-corrected chi connectivity index (χ0v) is 13.9. The van der Waals surface area contributed by atoms with Gasteiger partial charge in [-0.05, 0) is 49.8 Å². The minimum atomic E-state index is -0.265. The molecule has 1 atom stereocenters. The highest BCUT2D eigenvalue weighted by molar-refractivity contribution is 5.25. The number of hydrogen-bond acceptors (Lipinski definition) is 2. The Morgan fingerprint density at radius 2 is 1.95 bits per heavy atom. The molecule has 1 aromatic carbocycles. The summed E-state index contributed by atoms with van der Waals surface area (Å²) in [5.41, 5.74) is 2.69. The van der Waals surface area contributed by atoms with Crippen LogP contribution in [0.4, 0.5) is 0 Å². The minimum Gasteiger partial charge on any atom is -0.392 e. The lowest BCUT2D eigenvalue weighted by molar-refractivity contribution is 0.0993. The second kappa shape index (κ2) is 9.75. The molecule has 0 bridgehead atoms. The zero-order valence-electron chi connectivity index (χ0n) is 13.9. The SMILES string of the molecule is C=CCCC(O)CN(CCC(C)C)Cc1ccccc1C. The van der Waals surface area contributed by atoms with Gasteiger partial charge in [-0.3, -0.25) is 4.90 Å². The summed E-state index contributed by atoms with van der Waals surface area (Å²) in [6.45, 7) is 13.1. The molecule has 0 radical (unpaired) electrons. The highest BCUT2D eigenvalue weighted by atomic mass is 16.3. The summed E-state index contributed by atoms with van der Waals surface area (Å²) in [6.07, 6.45) is 4.46. The van der Waals surface area contributed by atoms with Crippen molar-refractivity contribution in [3.8, 4) is 0 Å². The Bertz CT molecular complexity index is 414. The van der Waals surface area contributed by atoms with Crippen molar-refractivity contribution in [1.82, 2.24) is 4.90 Å². The van der Waals surface area contributed by atoms with Crippen molar-refractivity contribution in [3.05, 3.63) is 48.0 Å². The normalized spacial score (nSPS) is 12.9. The van der Waals surface area contributed by atoms with Crippen LogP contribution >= 0.6 is 0 Å². The van der Waals surface area contributed by atoms with Crippen LogP contribution in [-0.2, 0) is 6.54 Å². The highest BCUT2D eigenvalue weighted by Crippen LogP contribution is 2.13. The molecule has 0 aromatic heterocycles. The van der Waals surface area contributed by atoms with Gasteiger partial charge in [0.1, 0.15) is 0 Å². The second-order valence-corrected chi connectivity index (χ2v) is 6.36. The first-order valence-electron chi connectivity index (χ1n) is 8.08. The van der Waals surface area contributed by atoms with Gasteiger partial charge < -0.3 is 5.11 Å². The Kier molecular flexibility index (Phi) is 8.33. The Morgan fingerprint density at radius 1 is 1.24 bits per heavy atom. The van der Waals surface area contributed by atoms with E-state index in [9.17, 15) is 5.11 Å². The van der Waals surface area contributed by atoms with E-state index in [1.807, 2.05) is 6.08 Å². The molecule has 2 heteroatoms. The average molecular weight is 289 g/mol. The maximum Gasteiger partial charge on any atom is 0.0670 e. The molecule has 1 N–H and O–H groups in total. The standard InChI is InChI=1S/C19H31NO/c1-5-6-11-19(21)15-20(13-12-16(2)3)14-18-10-8-7-9-17(18)4/h5,7-10,16,19,21H,1,6,11-15H2,2-4H3. The van der Waals surface area contributed by atoms with E-state index in [1.54, 1.807) is 0 Å². The lowest BCUT2D eigenvalue weighted by Crippen LogP contribution is -2.33. The van der Waals surface area contributed by atoms with Crippen molar-refractivity contribution in [2.24, 2.45) is 5.92 Å². The lowest BCUT2D eigenvalue weighted by Gasteiger charge is -2.26. The molecule has 0 saturated carbocycles. The molecule has 0 aliphatic rings. The summed E-state index contributed by atoms with van der Waals surface area (Å²) in [5.74, 6) is 0.690. The van der Waals surface area contributed by atoms with Gasteiger partial charge in [-0.2, -0.15) is 0 Å². The van der Waals surface area contributed by atoms with Crippen LogP contribution < -0.4 is 0 Å². The summed E-state index contributed by atoms with van der Waals surface area (Å²) in [7, 11) is 0. The summed E-state index contributed by atoms with van der Waals surface area (Å²) in [4.78, 5) is 2.39. The van der Waals surface area contributed by atoms with E-state index in [2.05, 4.69) is 56.5 Å². The van der Waals surface area contributed by atoms with E-state index in [4.69, 9.17) is 0 Å². The van der Waals surface area contributed by atoms with Crippen molar-refractivity contribution in [2.45, 2.75) is 52.7 Å². The summed E-state index contributed by atoms with van der Waals surface area (Å²) in [5, 5.41) is 10.2. The van der Waals surface area contributed by atoms with Crippen LogP contribution in [0.25, 0.3) is 0 Å². The van der Waals surface area contributed by atoms with E-state index >= 15 is 0 Å². The Balaban J connectivity index is 2.63. The molecule has 118 valence electrons. The highest BCUT2D eigenvalue weighted by Gasteiger charge is 2.13. The van der Waals surface area contributed by atoms with E-state index in [0.717, 1.165) is 32.5 Å². The average Bonchev–Trinajstić information content (AvgIpc) is 2.44. The molecule has 21 heavy (non-hydrogen) atoms. The van der Waals surface area contributed by atoms with Crippen LogP contribution in [0.15, 0.2) is 36.9 Å². The Hall–Kier alpha value is -1.12. The van der Waals surface area contributed by atoms with E-state index in [0.29, 0.717) is 5.92 Å². The van der Waals surface area contributed by atoms with Gasteiger partial charge in [-0.15, -0.1) is 6.58 Å². The molecule has 0 aliphatic heterocycles. The molecular weight excluding hydrogens is 258 g/mol. The number of hydrogen-bond donors (Lipinski definition) is 1. The summed E-state index contributed by atoms with van der Waals surface area (Å²) >= 11 is 0. The summed E-state index contributed by atoms with van der Waals surface area (Å²) in [6, 6.07) is 8.52. The maximum absolute atomic E-state index is 10.2. The first-order valence-corrected chi connectivity index (χ1v) is 8.08. The van der Waals surface area contributed by atoms with Gasteiger partial charge in [-0.1, -0.05) is 44.2 Å². The van der Waals surface area contributed by atoms with Crippen molar-refractivity contribution in [2.75, 3.05) is 13.1 Å². The first-order chi connectivity index (χ1) is 10.0. The van der Waals surface area contributed by atoms with Crippen LogP contribution in [0, 0.1) is 12.8 Å². The molecule has 0 spiro atoms. The molecule has 0 fully saturated rings. The van der Waals surface area contributed by atoms with Gasteiger partial charge in [0.25, 0.3) is 0 Å². The van der Waals surface area contributed by atoms with Crippen LogP contribution in [0.2, 0.25) is 0 Å². The monoisotopic (exact) mass is 289 g/mol. The number of benzene rings is 1. The van der Waals surface area contributed by atoms with Crippen molar-refractivity contribution in [3.63, 3.8) is 0 Å². The largest absolute Gasteiger partial charge is 0.392 e. The first kappa shape index (κ1) is 17.9. The molecule has 0 aliphatic carbocycles. The van der Waals surface area contributed by atoms with E-state index in [-0.39, 0.29) is 6.10 Å². The quantitative estimate of drug-likeness (QED) is 0.653. The molecule has 2 nitrogen and oxygen atoms in total. The Morgan fingerprint density at radius 3 is 2.57 bits per heavy atom. The molecule has 0 heterocycles. The lowest BCUT2D eigenvalue weighted by atomic mass is 10.1. The second-order valence-electron chi connectivity index (χ2n) is 6.36. The summed E-state index contributed by atoms with van der Waals surface area (Å²) < 4.78 is 0. The number of aliphatic hydroxyl groups is 1. The van der Waals surface area contributed by atoms with Crippen LogP contribution in [0.5, 0.6) is 0 Å². The van der Waals surface area contributed by atoms with Crippen LogP contribution in [0.1, 0.15) is 44.2 Å². The van der Waals surface area contributed by atoms with Gasteiger partial charge in [0.05, 0.1) is 6.10 Å². The van der Waals surface area contributed by atoms with Gasteiger partial charge in [0, 0.05) is 13.1 Å². The fourth-order valence-corrected chi connectivity index (χ4v) is 2.40. The fraction of sp³-hybridized carbons (Fsp3) is 0.579. The predicted molar refractivity (Wildman–Crippen MR) is 91.3 cm³/mol. The third kappa shape index (κ3) is 7.45. The van der Waals surface area contributed by atoms with E-state index in [1.165, 1.54) is 17.5 Å². The van der Waals surface area contributed by atoms with Crippen molar-refractivity contribution >= 4 is 0 Å². The predicted octanol–water partition coefficient (Wildman–Crippen LogP) is 4.17. The van der Waals surface area contributed by atoms with Gasteiger partial charge in [0.15, 0.2) is 0 Å². The van der Waals surface area contributed by atoms with Gasteiger partial charge >= 0.3 is 0 Å². The van der Waals surface area contributed by atoms with Crippen molar-refractivity contribution < 1.29 is 5.11 Å². The molecule has 0 amide bonds.